The molecule has 0 saturated heterocycles. The minimum Gasteiger partial charge on any atom is -0.494 e. The van der Waals surface area contributed by atoms with Gasteiger partial charge in [0.05, 0.1) is 12.2 Å². The number of rotatable bonds is 8. The first kappa shape index (κ1) is 22.3. The average molecular weight is 430 g/mol. The number of nitrogens with zero attached hydrogens (tertiary/aromatic N) is 1. The number of thiophene rings is 1. The Labute approximate surface area is 182 Å². The molecule has 2 N–H and O–H groups in total. The lowest BCUT2D eigenvalue weighted by Gasteiger charge is -2.14. The molecule has 0 unspecified atom stereocenters. The van der Waals surface area contributed by atoms with Crippen LogP contribution in [0.1, 0.15) is 70.2 Å². The zero-order chi connectivity index (χ0) is 21.5. The van der Waals surface area contributed by atoms with E-state index in [4.69, 9.17) is 4.74 Å². The topological polar surface area (TPSA) is 70.7 Å². The van der Waals surface area contributed by atoms with E-state index >= 15 is 0 Å². The fourth-order valence-corrected chi connectivity index (χ4v) is 4.82. The third-order valence-corrected chi connectivity index (χ3v) is 6.29. The first-order valence-corrected chi connectivity index (χ1v) is 11.5. The van der Waals surface area contributed by atoms with E-state index in [0.717, 1.165) is 49.8 Å². The van der Waals surface area contributed by atoms with E-state index in [1.807, 2.05) is 12.1 Å². The smallest absolute Gasteiger partial charge is 0.268 e. The van der Waals surface area contributed by atoms with Crippen molar-refractivity contribution < 1.29 is 14.3 Å². The van der Waals surface area contributed by atoms with Crippen molar-refractivity contribution in [2.24, 2.45) is 0 Å². The first-order chi connectivity index (χ1) is 14.5. The molecule has 7 heteroatoms. The summed E-state index contributed by atoms with van der Waals surface area (Å²) in [6.45, 7) is 2.79. The highest BCUT2D eigenvalue weighted by Gasteiger charge is 2.26. The summed E-state index contributed by atoms with van der Waals surface area (Å²) in [4.78, 5) is 27.0. The molecule has 0 aliphatic heterocycles. The molecule has 0 fully saturated rings. The normalized spacial score (nSPS) is 13.5. The largest absolute Gasteiger partial charge is 0.494 e. The molecule has 1 aliphatic carbocycles. The lowest BCUT2D eigenvalue weighted by atomic mass is 10.0. The maximum atomic E-state index is 12.9. The Bertz CT molecular complexity index is 875. The number of anilines is 1. The number of nitrogens with one attached hydrogen (secondary N) is 2. The quantitative estimate of drug-likeness (QED) is 0.364. The van der Waals surface area contributed by atoms with E-state index in [1.54, 1.807) is 31.2 Å². The predicted octanol–water partition coefficient (Wildman–Crippen LogP) is 4.65. The van der Waals surface area contributed by atoms with Gasteiger partial charge in [-0.2, -0.15) is 0 Å². The number of hydrogen-bond donors (Lipinski definition) is 2. The third-order valence-electron chi connectivity index (χ3n) is 5.08. The van der Waals surface area contributed by atoms with Crippen molar-refractivity contribution in [1.82, 2.24) is 10.4 Å². The van der Waals surface area contributed by atoms with Crippen LogP contribution in [-0.4, -0.2) is 37.5 Å². The lowest BCUT2D eigenvalue weighted by Crippen LogP contribution is -2.36. The van der Waals surface area contributed by atoms with Gasteiger partial charge in [0, 0.05) is 24.5 Å². The summed E-state index contributed by atoms with van der Waals surface area (Å²) in [5, 5.41) is 5.25. The SMILES string of the molecule is CCCCOc1ccc(C(=O)Nc2sc3c(c2C(=O)NN(C)C)CCCCC3)cc1. The predicted molar refractivity (Wildman–Crippen MR) is 122 cm³/mol. The van der Waals surface area contributed by atoms with E-state index in [1.165, 1.54) is 22.6 Å². The fourth-order valence-electron chi connectivity index (χ4n) is 3.54. The summed E-state index contributed by atoms with van der Waals surface area (Å²) in [7, 11) is 3.57. The van der Waals surface area contributed by atoms with Crippen molar-refractivity contribution in [3.63, 3.8) is 0 Å². The second-order valence-electron chi connectivity index (χ2n) is 7.78. The molecule has 2 aromatic rings. The molecule has 0 bridgehead atoms. The highest BCUT2D eigenvalue weighted by molar-refractivity contribution is 7.17. The second kappa shape index (κ2) is 10.6. The van der Waals surface area contributed by atoms with E-state index in [0.29, 0.717) is 22.7 Å². The summed E-state index contributed by atoms with van der Waals surface area (Å²) in [6.07, 6.45) is 7.28. The Kier molecular flexibility index (Phi) is 7.87. The van der Waals surface area contributed by atoms with Gasteiger partial charge in [0.25, 0.3) is 11.8 Å². The zero-order valence-corrected chi connectivity index (χ0v) is 18.9. The van der Waals surface area contributed by atoms with Crippen LogP contribution in [0.15, 0.2) is 24.3 Å². The Morgan fingerprint density at radius 1 is 1.07 bits per heavy atom. The molecule has 6 nitrogen and oxygen atoms in total. The third kappa shape index (κ3) is 5.61. The number of hydrazine groups is 1. The van der Waals surface area contributed by atoms with Crippen LogP contribution in [0.2, 0.25) is 0 Å². The average Bonchev–Trinajstić information content (AvgIpc) is 2.88. The van der Waals surface area contributed by atoms with Gasteiger partial charge in [0.2, 0.25) is 0 Å². The van der Waals surface area contributed by atoms with Crippen LogP contribution in [-0.2, 0) is 12.8 Å². The maximum absolute atomic E-state index is 12.9. The number of carbonyl (C=O) groups excluding carboxylic acids is 2. The molecule has 3 rings (SSSR count). The molecule has 2 amide bonds. The number of carbonyl (C=O) groups is 2. The van der Waals surface area contributed by atoms with Crippen LogP contribution in [0.3, 0.4) is 0 Å². The van der Waals surface area contributed by atoms with Crippen molar-refractivity contribution in [3.05, 3.63) is 45.8 Å². The Morgan fingerprint density at radius 2 is 1.80 bits per heavy atom. The summed E-state index contributed by atoms with van der Waals surface area (Å²) < 4.78 is 5.67. The number of fused-ring (bicyclic) bond motifs is 1. The molecule has 1 aromatic carbocycles. The molecule has 0 atom stereocenters. The van der Waals surface area contributed by atoms with Gasteiger partial charge in [-0.1, -0.05) is 19.8 Å². The van der Waals surface area contributed by atoms with Gasteiger partial charge in [0.1, 0.15) is 10.8 Å². The van der Waals surface area contributed by atoms with Gasteiger partial charge in [-0.3, -0.25) is 15.0 Å². The Hall–Kier alpha value is -2.38. The maximum Gasteiger partial charge on any atom is 0.268 e. The van der Waals surface area contributed by atoms with Gasteiger partial charge >= 0.3 is 0 Å². The Balaban J connectivity index is 1.79. The molecule has 162 valence electrons. The van der Waals surface area contributed by atoms with Gasteiger partial charge in [-0.15, -0.1) is 11.3 Å². The summed E-state index contributed by atoms with van der Waals surface area (Å²) >= 11 is 1.53. The van der Waals surface area contributed by atoms with E-state index in [-0.39, 0.29) is 11.8 Å². The molecule has 1 aromatic heterocycles. The van der Waals surface area contributed by atoms with Crippen LogP contribution in [0, 0.1) is 0 Å². The van der Waals surface area contributed by atoms with E-state index < -0.39 is 0 Å². The summed E-state index contributed by atoms with van der Waals surface area (Å²) in [6, 6.07) is 7.14. The number of amides is 2. The summed E-state index contributed by atoms with van der Waals surface area (Å²) in [5.41, 5.74) is 5.08. The number of unbranched alkanes of at least 4 members (excludes halogenated alkanes) is 1. The van der Waals surface area contributed by atoms with Crippen molar-refractivity contribution in [2.75, 3.05) is 26.0 Å². The van der Waals surface area contributed by atoms with Crippen molar-refractivity contribution in [1.29, 1.82) is 0 Å². The Morgan fingerprint density at radius 3 is 2.50 bits per heavy atom. The van der Waals surface area contributed by atoms with Crippen LogP contribution in [0.25, 0.3) is 0 Å². The van der Waals surface area contributed by atoms with Gasteiger partial charge in [0.15, 0.2) is 0 Å². The standard InChI is InChI=1S/C23H31N3O3S/c1-4-5-15-29-17-13-11-16(12-14-17)21(27)24-23-20(22(28)25-26(2)3)18-9-7-6-8-10-19(18)30-23/h11-14H,4-10,15H2,1-3H3,(H,24,27)(H,25,28). The molecule has 1 aliphatic rings. The molecular weight excluding hydrogens is 398 g/mol. The minimum absolute atomic E-state index is 0.172. The molecule has 0 radical (unpaired) electrons. The summed E-state index contributed by atoms with van der Waals surface area (Å²) in [5.74, 6) is 0.369. The molecule has 1 heterocycles. The van der Waals surface area contributed by atoms with Crippen LogP contribution >= 0.6 is 11.3 Å². The number of ether oxygens (including phenoxy) is 1. The van der Waals surface area contributed by atoms with Gasteiger partial charge < -0.3 is 10.1 Å². The van der Waals surface area contributed by atoms with Crippen LogP contribution in [0.4, 0.5) is 5.00 Å². The molecule has 30 heavy (non-hydrogen) atoms. The number of hydrogen-bond acceptors (Lipinski definition) is 5. The van der Waals surface area contributed by atoms with Gasteiger partial charge in [-0.25, -0.2) is 5.01 Å². The minimum atomic E-state index is -0.217. The zero-order valence-electron chi connectivity index (χ0n) is 18.0. The fraction of sp³-hybridized carbons (Fsp3) is 0.478. The molecule has 0 saturated carbocycles. The highest BCUT2D eigenvalue weighted by Crippen LogP contribution is 2.37. The van der Waals surface area contributed by atoms with Crippen LogP contribution < -0.4 is 15.5 Å². The monoisotopic (exact) mass is 429 g/mol. The van der Waals surface area contributed by atoms with Crippen LogP contribution in [0.5, 0.6) is 5.75 Å². The number of benzene rings is 1. The first-order valence-electron chi connectivity index (χ1n) is 10.7. The molecular formula is C23H31N3O3S. The van der Waals surface area contributed by atoms with Crippen molar-refractivity contribution in [2.45, 2.75) is 51.9 Å². The second-order valence-corrected chi connectivity index (χ2v) is 8.89. The van der Waals surface area contributed by atoms with Gasteiger partial charge in [-0.05, 0) is 61.9 Å². The lowest BCUT2D eigenvalue weighted by molar-refractivity contribution is 0.0857. The van der Waals surface area contributed by atoms with E-state index in [2.05, 4.69) is 17.7 Å². The number of aryl methyl sites for hydroxylation is 1. The van der Waals surface area contributed by atoms with E-state index in [9.17, 15) is 9.59 Å². The highest BCUT2D eigenvalue weighted by atomic mass is 32.1. The molecule has 0 spiro atoms. The van der Waals surface area contributed by atoms with Crippen molar-refractivity contribution >= 4 is 28.2 Å². The van der Waals surface area contributed by atoms with Crippen molar-refractivity contribution in [3.8, 4) is 5.75 Å².